The van der Waals surface area contributed by atoms with Gasteiger partial charge in [0.2, 0.25) is 0 Å². The minimum atomic E-state index is 0.624. The average molecular weight is 198 g/mol. The summed E-state index contributed by atoms with van der Waals surface area (Å²) in [5.74, 6) is 0.624. The summed E-state index contributed by atoms with van der Waals surface area (Å²) >= 11 is 0. The standard InChI is InChI=1S/C15H18/c1-12-7-6-10-15(13(12)2)11-14-8-4-3-5-9-14/h3-5,7-10,13H,6,11H2,1-2H3. The van der Waals surface area contributed by atoms with E-state index >= 15 is 0 Å². The van der Waals surface area contributed by atoms with Crippen LogP contribution in [0.5, 0.6) is 0 Å². The minimum Gasteiger partial charge on any atom is -0.0812 e. The van der Waals surface area contributed by atoms with Crippen molar-refractivity contribution in [3.05, 3.63) is 59.2 Å². The Morgan fingerprint density at radius 3 is 2.60 bits per heavy atom. The van der Waals surface area contributed by atoms with Crippen LogP contribution in [-0.4, -0.2) is 0 Å². The fraction of sp³-hybridized carbons (Fsp3) is 0.333. The number of allylic oxidation sites excluding steroid dienone is 4. The van der Waals surface area contributed by atoms with Crippen molar-refractivity contribution in [2.45, 2.75) is 26.7 Å². The molecule has 1 atom stereocenters. The summed E-state index contributed by atoms with van der Waals surface area (Å²) in [7, 11) is 0. The van der Waals surface area contributed by atoms with E-state index in [9.17, 15) is 0 Å². The van der Waals surface area contributed by atoms with Crippen molar-refractivity contribution < 1.29 is 0 Å². The molecule has 78 valence electrons. The van der Waals surface area contributed by atoms with E-state index in [0.717, 1.165) is 12.8 Å². The van der Waals surface area contributed by atoms with Gasteiger partial charge < -0.3 is 0 Å². The van der Waals surface area contributed by atoms with E-state index in [4.69, 9.17) is 0 Å². The number of benzene rings is 1. The predicted octanol–water partition coefficient (Wildman–Crippen LogP) is 4.14. The predicted molar refractivity (Wildman–Crippen MR) is 65.8 cm³/mol. The van der Waals surface area contributed by atoms with Gasteiger partial charge in [-0.1, -0.05) is 60.6 Å². The molecule has 0 heterocycles. The van der Waals surface area contributed by atoms with Crippen LogP contribution in [0, 0.1) is 5.92 Å². The molecule has 0 heteroatoms. The molecule has 15 heavy (non-hydrogen) atoms. The van der Waals surface area contributed by atoms with Crippen LogP contribution in [0.25, 0.3) is 0 Å². The van der Waals surface area contributed by atoms with Crippen molar-refractivity contribution in [2.75, 3.05) is 0 Å². The van der Waals surface area contributed by atoms with Crippen LogP contribution >= 0.6 is 0 Å². The zero-order valence-electron chi connectivity index (χ0n) is 9.53. The van der Waals surface area contributed by atoms with Crippen molar-refractivity contribution in [2.24, 2.45) is 5.92 Å². The first-order valence-electron chi connectivity index (χ1n) is 5.67. The lowest BCUT2D eigenvalue weighted by Gasteiger charge is -2.21. The monoisotopic (exact) mass is 198 g/mol. The molecule has 0 saturated carbocycles. The van der Waals surface area contributed by atoms with Crippen molar-refractivity contribution >= 4 is 0 Å². The molecule has 1 aliphatic rings. The topological polar surface area (TPSA) is 0 Å². The molecule has 0 amide bonds. The lowest BCUT2D eigenvalue weighted by molar-refractivity contribution is 0.745. The Balaban J connectivity index is 2.11. The van der Waals surface area contributed by atoms with Crippen LogP contribution in [0.3, 0.4) is 0 Å². The van der Waals surface area contributed by atoms with Gasteiger partial charge in [0.05, 0.1) is 0 Å². The lowest BCUT2D eigenvalue weighted by Crippen LogP contribution is -2.07. The van der Waals surface area contributed by atoms with Crippen molar-refractivity contribution in [3.8, 4) is 0 Å². The van der Waals surface area contributed by atoms with Crippen molar-refractivity contribution in [1.29, 1.82) is 0 Å². The highest BCUT2D eigenvalue weighted by molar-refractivity contribution is 5.30. The molecule has 0 saturated heterocycles. The SMILES string of the molecule is CC1=CCC=C(Cc2ccccc2)C1C. The summed E-state index contributed by atoms with van der Waals surface area (Å²) < 4.78 is 0. The zero-order chi connectivity index (χ0) is 10.7. The third-order valence-corrected chi connectivity index (χ3v) is 3.31. The summed E-state index contributed by atoms with van der Waals surface area (Å²) in [4.78, 5) is 0. The van der Waals surface area contributed by atoms with E-state index in [1.807, 2.05) is 0 Å². The highest BCUT2D eigenvalue weighted by Gasteiger charge is 2.13. The molecule has 1 unspecified atom stereocenters. The first-order valence-corrected chi connectivity index (χ1v) is 5.67. The third-order valence-electron chi connectivity index (χ3n) is 3.31. The van der Waals surface area contributed by atoms with Crippen LogP contribution in [0.15, 0.2) is 53.6 Å². The maximum absolute atomic E-state index is 2.38. The Morgan fingerprint density at radius 2 is 1.87 bits per heavy atom. The minimum absolute atomic E-state index is 0.624. The van der Waals surface area contributed by atoms with Crippen LogP contribution < -0.4 is 0 Å². The van der Waals surface area contributed by atoms with Gasteiger partial charge in [-0.15, -0.1) is 0 Å². The normalized spacial score (nSPS) is 20.8. The molecule has 2 rings (SSSR count). The second kappa shape index (κ2) is 4.48. The second-order valence-electron chi connectivity index (χ2n) is 4.35. The van der Waals surface area contributed by atoms with Gasteiger partial charge in [-0.05, 0) is 31.2 Å². The molecular weight excluding hydrogens is 180 g/mol. The van der Waals surface area contributed by atoms with E-state index in [1.165, 1.54) is 11.1 Å². The van der Waals surface area contributed by atoms with E-state index in [1.54, 1.807) is 5.57 Å². The molecule has 0 aromatic heterocycles. The van der Waals surface area contributed by atoms with Crippen molar-refractivity contribution in [3.63, 3.8) is 0 Å². The van der Waals surface area contributed by atoms with E-state index < -0.39 is 0 Å². The molecule has 0 radical (unpaired) electrons. The fourth-order valence-electron chi connectivity index (χ4n) is 2.10. The summed E-state index contributed by atoms with van der Waals surface area (Å²) in [6.45, 7) is 4.54. The van der Waals surface area contributed by atoms with Gasteiger partial charge in [0.1, 0.15) is 0 Å². The maximum atomic E-state index is 2.38. The van der Waals surface area contributed by atoms with Gasteiger partial charge >= 0.3 is 0 Å². The molecule has 0 spiro atoms. The first-order chi connectivity index (χ1) is 7.27. The van der Waals surface area contributed by atoms with E-state index in [2.05, 4.69) is 56.3 Å². The average Bonchev–Trinajstić information content (AvgIpc) is 2.26. The van der Waals surface area contributed by atoms with Crippen LogP contribution in [0.4, 0.5) is 0 Å². The van der Waals surface area contributed by atoms with Gasteiger partial charge in [-0.3, -0.25) is 0 Å². The number of hydrogen-bond acceptors (Lipinski definition) is 0. The highest BCUT2D eigenvalue weighted by atomic mass is 14.2. The summed E-state index contributed by atoms with van der Waals surface area (Å²) in [6, 6.07) is 10.7. The van der Waals surface area contributed by atoms with Crippen LogP contribution in [0.2, 0.25) is 0 Å². The van der Waals surface area contributed by atoms with E-state index in [0.29, 0.717) is 5.92 Å². The second-order valence-corrected chi connectivity index (χ2v) is 4.35. The molecule has 0 nitrogen and oxygen atoms in total. The van der Waals surface area contributed by atoms with Crippen LogP contribution in [-0.2, 0) is 6.42 Å². The summed E-state index contributed by atoms with van der Waals surface area (Å²) in [5.41, 5.74) is 4.51. The Labute approximate surface area is 92.3 Å². The van der Waals surface area contributed by atoms with Gasteiger partial charge in [-0.2, -0.15) is 0 Å². The van der Waals surface area contributed by atoms with Gasteiger partial charge in [0.15, 0.2) is 0 Å². The van der Waals surface area contributed by atoms with Gasteiger partial charge in [-0.25, -0.2) is 0 Å². The number of rotatable bonds is 2. The first kappa shape index (κ1) is 10.2. The zero-order valence-corrected chi connectivity index (χ0v) is 9.53. The fourth-order valence-corrected chi connectivity index (χ4v) is 2.10. The molecule has 0 fully saturated rings. The van der Waals surface area contributed by atoms with E-state index in [-0.39, 0.29) is 0 Å². The summed E-state index contributed by atoms with van der Waals surface area (Å²) in [6.07, 6.45) is 6.93. The molecule has 1 aromatic rings. The molecule has 1 aliphatic carbocycles. The van der Waals surface area contributed by atoms with Crippen LogP contribution in [0.1, 0.15) is 25.8 Å². The Bertz CT molecular complexity index is 382. The molecule has 0 aliphatic heterocycles. The maximum Gasteiger partial charge on any atom is -0.00207 e. The Kier molecular flexibility index (Phi) is 3.05. The molecular formula is C15H18. The third kappa shape index (κ3) is 2.38. The molecule has 0 bridgehead atoms. The summed E-state index contributed by atoms with van der Waals surface area (Å²) in [5, 5.41) is 0. The quantitative estimate of drug-likeness (QED) is 0.626. The van der Waals surface area contributed by atoms with Gasteiger partial charge in [0, 0.05) is 0 Å². The molecule has 0 N–H and O–H groups in total. The number of hydrogen-bond donors (Lipinski definition) is 0. The highest BCUT2D eigenvalue weighted by Crippen LogP contribution is 2.27. The molecule has 1 aromatic carbocycles. The van der Waals surface area contributed by atoms with Gasteiger partial charge in [0.25, 0.3) is 0 Å². The largest absolute Gasteiger partial charge is 0.0812 e. The lowest BCUT2D eigenvalue weighted by atomic mass is 9.85. The smallest absolute Gasteiger partial charge is 0.00207 e. The Morgan fingerprint density at radius 1 is 1.13 bits per heavy atom. The van der Waals surface area contributed by atoms with Crippen molar-refractivity contribution in [1.82, 2.24) is 0 Å². The Hall–Kier alpha value is -1.30.